The minimum Gasteiger partial charge on any atom is -0.444 e. The fourth-order valence-electron chi connectivity index (χ4n) is 5.01. The van der Waals surface area contributed by atoms with Gasteiger partial charge in [-0.15, -0.1) is 12.4 Å². The topological polar surface area (TPSA) is 104 Å². The zero-order valence-corrected chi connectivity index (χ0v) is 28.1. The number of alkyl carbamates (subject to hydrolysis) is 1. The van der Waals surface area contributed by atoms with Crippen molar-refractivity contribution in [2.75, 3.05) is 39.5 Å². The number of amides is 1. The summed E-state index contributed by atoms with van der Waals surface area (Å²) in [5.41, 5.74) is 0.898. The molecular formula is C27H45ClI2N6O4. The van der Waals surface area contributed by atoms with Gasteiger partial charge in [-0.3, -0.25) is 0 Å². The molecule has 2 fully saturated rings. The Labute approximate surface area is 272 Å². The number of fused-ring (bicyclic) bond motifs is 1. The van der Waals surface area contributed by atoms with Crippen molar-refractivity contribution in [1.82, 2.24) is 29.7 Å². The van der Waals surface area contributed by atoms with E-state index in [0.29, 0.717) is 24.9 Å². The second kappa shape index (κ2) is 16.8. The lowest BCUT2D eigenvalue weighted by Crippen LogP contribution is -2.34. The van der Waals surface area contributed by atoms with Gasteiger partial charge in [-0.2, -0.15) is 0 Å². The normalized spacial score (nSPS) is 17.9. The third kappa shape index (κ3) is 10.2. The molecule has 2 saturated heterocycles. The standard InChI is InChI=1S/C15H24IN3O3.C11H16IN3O.CH4.ClH/c1-15(2,3)22-14(20)17-6-7-19-10-12(16)18-13(19)11-4-8-21-9-5-11;12-10-9-7-13-3-4-15(9)11(14-10)8-1-5-16-6-2-8;;/h10-11H,4-9H2,1-3H3,(H,17,20);8,13H,1-7H2;1H4;1H. The maximum atomic E-state index is 11.7. The molecule has 5 heterocycles. The Bertz CT molecular complexity index is 1060. The van der Waals surface area contributed by atoms with E-state index in [-0.39, 0.29) is 25.9 Å². The first kappa shape index (κ1) is 35.5. The number of nitrogens with one attached hydrogen (secondary N) is 2. The third-order valence-electron chi connectivity index (χ3n) is 6.83. The van der Waals surface area contributed by atoms with Gasteiger partial charge in [-0.1, -0.05) is 7.43 Å². The van der Waals surface area contributed by atoms with E-state index in [0.717, 1.165) is 81.3 Å². The molecule has 5 rings (SSSR count). The Hall–Kier alpha value is -0.680. The summed E-state index contributed by atoms with van der Waals surface area (Å²) in [6, 6.07) is 0. The van der Waals surface area contributed by atoms with E-state index < -0.39 is 5.60 Å². The van der Waals surface area contributed by atoms with Gasteiger partial charge in [0.2, 0.25) is 0 Å². The van der Waals surface area contributed by atoms with Crippen molar-refractivity contribution < 1.29 is 19.0 Å². The summed E-state index contributed by atoms with van der Waals surface area (Å²) in [5, 5.41) is 6.20. The lowest BCUT2D eigenvalue weighted by Gasteiger charge is -2.25. The van der Waals surface area contributed by atoms with Crippen LogP contribution in [0.15, 0.2) is 6.20 Å². The van der Waals surface area contributed by atoms with E-state index in [9.17, 15) is 4.79 Å². The van der Waals surface area contributed by atoms with Crippen molar-refractivity contribution in [2.24, 2.45) is 0 Å². The van der Waals surface area contributed by atoms with Crippen LogP contribution in [0.5, 0.6) is 0 Å². The number of hydrogen-bond donors (Lipinski definition) is 2. The van der Waals surface area contributed by atoms with Gasteiger partial charge >= 0.3 is 6.09 Å². The van der Waals surface area contributed by atoms with Crippen molar-refractivity contribution >= 4 is 63.7 Å². The quantitative estimate of drug-likeness (QED) is 0.388. The maximum Gasteiger partial charge on any atom is 0.407 e. The van der Waals surface area contributed by atoms with Crippen LogP contribution in [0.2, 0.25) is 0 Å². The fourth-order valence-corrected chi connectivity index (χ4v) is 6.32. The summed E-state index contributed by atoms with van der Waals surface area (Å²) < 4.78 is 22.8. The summed E-state index contributed by atoms with van der Waals surface area (Å²) >= 11 is 4.59. The number of aromatic nitrogens is 4. The smallest absolute Gasteiger partial charge is 0.407 e. The molecule has 0 bridgehead atoms. The molecule has 0 spiro atoms. The summed E-state index contributed by atoms with van der Waals surface area (Å²) in [7, 11) is 0. The molecule has 10 nitrogen and oxygen atoms in total. The molecule has 0 atom stereocenters. The first-order valence-corrected chi connectivity index (χ1v) is 15.7. The Kier molecular flexibility index (Phi) is 14.9. The van der Waals surface area contributed by atoms with Crippen molar-refractivity contribution in [1.29, 1.82) is 0 Å². The molecule has 2 N–H and O–H groups in total. The van der Waals surface area contributed by atoms with E-state index in [1.54, 1.807) is 0 Å². The molecule has 3 aliphatic rings. The minimum absolute atomic E-state index is 0. The number of ether oxygens (including phenoxy) is 3. The van der Waals surface area contributed by atoms with Gasteiger partial charge in [0, 0.05) is 77.2 Å². The molecule has 228 valence electrons. The molecule has 2 aromatic heterocycles. The van der Waals surface area contributed by atoms with Crippen LogP contribution in [0, 0.1) is 7.40 Å². The summed E-state index contributed by atoms with van der Waals surface area (Å²) in [4.78, 5) is 21.1. The van der Waals surface area contributed by atoms with Gasteiger partial charge in [0.15, 0.2) is 0 Å². The average molecular weight is 807 g/mol. The van der Waals surface area contributed by atoms with Crippen LogP contribution < -0.4 is 10.6 Å². The van der Waals surface area contributed by atoms with Gasteiger partial charge in [0.25, 0.3) is 0 Å². The highest BCUT2D eigenvalue weighted by molar-refractivity contribution is 14.1. The van der Waals surface area contributed by atoms with Crippen LogP contribution in [-0.2, 0) is 33.8 Å². The average Bonchev–Trinajstić information content (AvgIpc) is 3.44. The molecule has 0 aromatic carbocycles. The number of imidazole rings is 2. The van der Waals surface area contributed by atoms with Crippen LogP contribution in [0.1, 0.15) is 83.1 Å². The monoisotopic (exact) mass is 806 g/mol. The van der Waals surface area contributed by atoms with Crippen LogP contribution in [0.3, 0.4) is 0 Å². The first-order valence-electron chi connectivity index (χ1n) is 13.5. The Morgan fingerprint density at radius 2 is 1.68 bits per heavy atom. The van der Waals surface area contributed by atoms with Crippen molar-refractivity contribution in [3.8, 4) is 0 Å². The second-order valence-corrected chi connectivity index (χ2v) is 13.0. The van der Waals surface area contributed by atoms with Gasteiger partial charge in [-0.25, -0.2) is 14.8 Å². The minimum atomic E-state index is -0.471. The lowest BCUT2D eigenvalue weighted by molar-refractivity contribution is 0.0525. The van der Waals surface area contributed by atoms with Crippen LogP contribution in [-0.4, -0.2) is 70.3 Å². The van der Waals surface area contributed by atoms with Gasteiger partial charge in [0.05, 0.1) is 5.69 Å². The molecule has 2 aromatic rings. The molecule has 0 saturated carbocycles. The summed E-state index contributed by atoms with van der Waals surface area (Å²) in [5.74, 6) is 3.44. The van der Waals surface area contributed by atoms with E-state index in [1.807, 2.05) is 27.0 Å². The SMILES string of the molecule is C.CC(C)(C)OC(=O)NCCn1cc(I)nc1C1CCOCC1.Cl.Ic1nc(C2CCOCC2)n2c1CNCC2. The van der Waals surface area contributed by atoms with E-state index in [4.69, 9.17) is 19.2 Å². The Morgan fingerprint density at radius 3 is 2.27 bits per heavy atom. The zero-order valence-electron chi connectivity index (χ0n) is 23.0. The third-order valence-corrected chi connectivity index (χ3v) is 8.21. The number of rotatable bonds is 5. The Balaban J connectivity index is 0.000000277. The number of halogens is 3. The molecular weight excluding hydrogens is 762 g/mol. The molecule has 0 aliphatic carbocycles. The molecule has 1 amide bonds. The molecule has 40 heavy (non-hydrogen) atoms. The van der Waals surface area contributed by atoms with Gasteiger partial charge in [-0.05, 0) is 91.6 Å². The highest BCUT2D eigenvalue weighted by Crippen LogP contribution is 2.29. The fraction of sp³-hybridized carbons (Fsp3) is 0.741. The summed E-state index contributed by atoms with van der Waals surface area (Å²) in [6.45, 7) is 13.3. The molecule has 3 aliphatic heterocycles. The highest BCUT2D eigenvalue weighted by atomic mass is 127. The van der Waals surface area contributed by atoms with Crippen molar-refractivity contribution in [2.45, 2.75) is 91.0 Å². The van der Waals surface area contributed by atoms with E-state index in [1.165, 1.54) is 15.2 Å². The van der Waals surface area contributed by atoms with Gasteiger partial charge in [0.1, 0.15) is 24.7 Å². The van der Waals surface area contributed by atoms with E-state index >= 15 is 0 Å². The first-order chi connectivity index (χ1) is 18.2. The predicted molar refractivity (Wildman–Crippen MR) is 175 cm³/mol. The van der Waals surface area contributed by atoms with E-state index in [2.05, 4.69) is 69.9 Å². The predicted octanol–water partition coefficient (Wildman–Crippen LogP) is 5.45. The summed E-state index contributed by atoms with van der Waals surface area (Å²) in [6.07, 6.45) is 5.91. The lowest BCUT2D eigenvalue weighted by atomic mass is 9.99. The van der Waals surface area contributed by atoms with Crippen LogP contribution in [0.25, 0.3) is 0 Å². The zero-order chi connectivity index (χ0) is 27.1. The Morgan fingerprint density at radius 1 is 1.07 bits per heavy atom. The van der Waals surface area contributed by atoms with Crippen LogP contribution >= 0.6 is 57.6 Å². The maximum absolute atomic E-state index is 11.7. The molecule has 13 heteroatoms. The van der Waals surface area contributed by atoms with Crippen molar-refractivity contribution in [3.05, 3.63) is 30.9 Å². The van der Waals surface area contributed by atoms with Crippen LogP contribution in [0.4, 0.5) is 4.79 Å². The molecule has 0 unspecified atom stereocenters. The highest BCUT2D eigenvalue weighted by Gasteiger charge is 2.26. The second-order valence-electron chi connectivity index (χ2n) is 10.9. The van der Waals surface area contributed by atoms with Gasteiger partial charge < -0.3 is 34.0 Å². The largest absolute Gasteiger partial charge is 0.444 e. The number of carbonyl (C=O) groups excluding carboxylic acids is 1. The van der Waals surface area contributed by atoms with Crippen molar-refractivity contribution in [3.63, 3.8) is 0 Å². The number of nitrogens with zero attached hydrogens (tertiary/aromatic N) is 4. The number of carbonyl (C=O) groups is 1. The number of hydrogen-bond acceptors (Lipinski definition) is 7. The molecule has 0 radical (unpaired) electrons.